The second-order valence-corrected chi connectivity index (χ2v) is 19.7. The number of aryl methyl sites for hydroxylation is 1. The maximum atomic E-state index is 14.4. The molecule has 0 saturated carbocycles. The van der Waals surface area contributed by atoms with E-state index in [9.17, 15) is 30.3 Å². The lowest BCUT2D eigenvalue weighted by atomic mass is 9.73. The molecule has 0 radical (unpaired) electrons. The number of hydrogen-bond donors (Lipinski definition) is 5. The Kier molecular flexibility index (Phi) is 19.4. The highest BCUT2D eigenvalue weighted by atomic mass is 16.7. The first-order valence-corrected chi connectivity index (χ1v) is 23.2. The largest absolute Gasteiger partial charge is 0.459 e. The van der Waals surface area contributed by atoms with Gasteiger partial charge in [-0.25, -0.2) is 0 Å². The predicted octanol–water partition coefficient (Wildman–Crippen LogP) is 5.00. The van der Waals surface area contributed by atoms with Gasteiger partial charge in [-0.2, -0.15) is 0 Å². The molecule has 4 rings (SSSR count). The van der Waals surface area contributed by atoms with Crippen molar-refractivity contribution in [2.24, 2.45) is 28.8 Å². The number of carbonyl (C=O) groups excluding carboxylic acids is 1. The van der Waals surface area contributed by atoms with E-state index in [-0.39, 0.29) is 31.4 Å². The number of hydrogen-bond acceptors (Lipinski definition) is 15. The van der Waals surface area contributed by atoms with Crippen LogP contribution in [0.1, 0.15) is 120 Å². The highest BCUT2D eigenvalue weighted by Crippen LogP contribution is 2.41. The fourth-order valence-electron chi connectivity index (χ4n) is 10.0. The Hall–Kier alpha value is -2.28. The SMILES string of the molecule is CC[C@H]1OC(=O)[C@H](C)[C@@H](OC2C[C@@](C)(OC)[C@@H](O)[C@H](C)O2)[C@H](C)[C@@H](O[C@@H]2O[C@H](C)C[C@H](N(C)C)[C@H]2O)C(C)(O)C[C@@H](C)/C(=N\OCCCCCc2ccccc2)[C@H](C)[C@@H](O)[C@]1(C)O. The molecule has 15 heteroatoms. The van der Waals surface area contributed by atoms with E-state index < -0.39 is 102 Å². The molecule has 0 bridgehead atoms. The van der Waals surface area contributed by atoms with Gasteiger partial charge in [0.2, 0.25) is 0 Å². The zero-order valence-electron chi connectivity index (χ0n) is 40.3. The maximum absolute atomic E-state index is 14.4. The smallest absolute Gasteiger partial charge is 0.311 e. The molecule has 15 nitrogen and oxygen atoms in total. The van der Waals surface area contributed by atoms with E-state index in [1.165, 1.54) is 19.6 Å². The number of aliphatic hydroxyl groups is 5. The summed E-state index contributed by atoms with van der Waals surface area (Å²) in [5.74, 6) is -3.97. The van der Waals surface area contributed by atoms with Crippen molar-refractivity contribution in [3.05, 3.63) is 35.9 Å². The van der Waals surface area contributed by atoms with Gasteiger partial charge < -0.3 is 63.7 Å². The summed E-state index contributed by atoms with van der Waals surface area (Å²) in [6.07, 6.45) is -5.63. The monoisotopic (exact) mass is 895 g/mol. The highest BCUT2D eigenvalue weighted by molar-refractivity contribution is 5.88. The number of nitrogens with zero attached hydrogens (tertiary/aromatic N) is 2. The van der Waals surface area contributed by atoms with E-state index in [4.69, 9.17) is 33.3 Å². The molecule has 1 aromatic carbocycles. The van der Waals surface area contributed by atoms with Gasteiger partial charge in [0, 0.05) is 37.3 Å². The number of methoxy groups -OCH3 is 1. The Morgan fingerprint density at radius 2 is 1.54 bits per heavy atom. The average Bonchev–Trinajstić information content (AvgIpc) is 3.23. The summed E-state index contributed by atoms with van der Waals surface area (Å²) in [6.45, 7) is 17.6. The van der Waals surface area contributed by atoms with Gasteiger partial charge in [0.1, 0.15) is 30.5 Å². The van der Waals surface area contributed by atoms with Gasteiger partial charge in [-0.1, -0.05) is 63.2 Å². The zero-order chi connectivity index (χ0) is 47.0. The number of carbonyl (C=O) groups is 1. The molecule has 3 aliphatic rings. The molecule has 63 heavy (non-hydrogen) atoms. The first kappa shape index (κ1) is 53.3. The van der Waals surface area contributed by atoms with Crippen molar-refractivity contribution in [3.63, 3.8) is 0 Å². The van der Waals surface area contributed by atoms with Gasteiger partial charge in [0.05, 0.1) is 53.4 Å². The number of aliphatic hydroxyl groups excluding tert-OH is 3. The molecule has 3 fully saturated rings. The molecule has 0 aliphatic carbocycles. The van der Waals surface area contributed by atoms with Gasteiger partial charge >= 0.3 is 5.97 Å². The van der Waals surface area contributed by atoms with Crippen molar-refractivity contribution in [2.45, 2.75) is 205 Å². The van der Waals surface area contributed by atoms with Gasteiger partial charge in [-0.15, -0.1) is 0 Å². The maximum Gasteiger partial charge on any atom is 0.311 e. The van der Waals surface area contributed by atoms with Crippen LogP contribution in [0.3, 0.4) is 0 Å². The van der Waals surface area contributed by atoms with Crippen molar-refractivity contribution in [1.29, 1.82) is 0 Å². The van der Waals surface area contributed by atoms with Crippen LogP contribution in [0, 0.1) is 23.7 Å². The molecule has 3 aliphatic heterocycles. The Balaban J connectivity index is 1.77. The Labute approximate surface area is 376 Å². The number of rotatable bonds is 14. The first-order chi connectivity index (χ1) is 29.5. The summed E-state index contributed by atoms with van der Waals surface area (Å²) < 4.78 is 37.9. The molecule has 362 valence electrons. The minimum Gasteiger partial charge on any atom is -0.459 e. The summed E-state index contributed by atoms with van der Waals surface area (Å²) >= 11 is 0. The summed E-state index contributed by atoms with van der Waals surface area (Å²) in [5.41, 5.74) is -3.05. The number of oxime groups is 1. The lowest BCUT2D eigenvalue weighted by Gasteiger charge is -2.49. The summed E-state index contributed by atoms with van der Waals surface area (Å²) in [5, 5.41) is 64.3. The fourth-order valence-corrected chi connectivity index (χ4v) is 10.0. The molecule has 0 amide bonds. The summed E-state index contributed by atoms with van der Waals surface area (Å²) in [7, 11) is 5.26. The van der Waals surface area contributed by atoms with Crippen LogP contribution >= 0.6 is 0 Å². The van der Waals surface area contributed by atoms with Gasteiger partial charge in [0.15, 0.2) is 12.6 Å². The van der Waals surface area contributed by atoms with Crippen LogP contribution in [0.5, 0.6) is 0 Å². The van der Waals surface area contributed by atoms with Gasteiger partial charge in [-0.3, -0.25) is 4.79 Å². The minimum atomic E-state index is -1.94. The van der Waals surface area contributed by atoms with Crippen molar-refractivity contribution in [2.75, 3.05) is 27.8 Å². The molecule has 3 saturated heterocycles. The molecule has 0 spiro atoms. The molecule has 3 heterocycles. The van der Waals surface area contributed by atoms with Crippen molar-refractivity contribution in [3.8, 4) is 0 Å². The average molecular weight is 895 g/mol. The van der Waals surface area contributed by atoms with E-state index in [1.807, 2.05) is 51.0 Å². The molecule has 18 atom stereocenters. The lowest BCUT2D eigenvalue weighted by molar-refractivity contribution is -0.317. The third-order valence-electron chi connectivity index (χ3n) is 14.1. The Morgan fingerprint density at radius 1 is 0.873 bits per heavy atom. The molecular formula is C48H82N2O13. The minimum absolute atomic E-state index is 0.0175. The van der Waals surface area contributed by atoms with Crippen molar-refractivity contribution in [1.82, 2.24) is 4.90 Å². The van der Waals surface area contributed by atoms with Crippen LogP contribution in [0.4, 0.5) is 0 Å². The van der Waals surface area contributed by atoms with E-state index >= 15 is 0 Å². The molecular weight excluding hydrogens is 813 g/mol. The topological polar surface area (TPSA) is 198 Å². The standard InChI is InChI=1S/C48H82N2O13/c1-14-36-48(10,56)41(52)30(4)38(49-58-24-20-16-19-23-34-21-17-15-18-22-34)28(2)26-46(8,55)43(63-45-39(51)35(50(11)12)25-29(3)59-45)31(5)40(32(6)44(54)61-36)62-37-27-47(9,57-13)42(53)33(7)60-37/h15,17-18,21-22,28-33,35-37,39-43,45,51-53,55-56H,14,16,19-20,23-27H2,1-13H3/b49-38+/t28-,29-,30+,31+,32-,33+,35+,36-,37?,39-,40+,41-,42+,43-,45+,46?,47-,48-/m1/s1. The van der Waals surface area contributed by atoms with Crippen LogP contribution in [-0.2, 0) is 44.5 Å². The summed E-state index contributed by atoms with van der Waals surface area (Å²) in [6, 6.07) is 9.98. The number of ether oxygens (including phenoxy) is 6. The number of unbranched alkanes of at least 4 members (excludes halogenated alkanes) is 2. The van der Waals surface area contributed by atoms with Crippen molar-refractivity contribution >= 4 is 11.7 Å². The van der Waals surface area contributed by atoms with Gasteiger partial charge in [-0.05, 0) is 106 Å². The van der Waals surface area contributed by atoms with E-state index in [2.05, 4.69) is 17.3 Å². The predicted molar refractivity (Wildman–Crippen MR) is 239 cm³/mol. The Morgan fingerprint density at radius 3 is 2.16 bits per heavy atom. The van der Waals surface area contributed by atoms with E-state index in [0.29, 0.717) is 18.7 Å². The van der Waals surface area contributed by atoms with Crippen LogP contribution in [-0.4, -0.2) is 154 Å². The van der Waals surface area contributed by atoms with Crippen LogP contribution in [0.25, 0.3) is 0 Å². The molecule has 2 unspecified atom stereocenters. The lowest BCUT2D eigenvalue weighted by Crippen LogP contribution is -2.61. The number of likely N-dealkylation sites (N-methyl/N-ethyl adjacent to an activating group) is 1. The van der Waals surface area contributed by atoms with Crippen molar-refractivity contribution < 1.29 is 63.6 Å². The third kappa shape index (κ3) is 13.2. The second kappa shape index (κ2) is 23.0. The van der Waals surface area contributed by atoms with Crippen LogP contribution < -0.4 is 0 Å². The normalized spacial score (nSPS) is 43.1. The third-order valence-corrected chi connectivity index (χ3v) is 14.1. The van der Waals surface area contributed by atoms with E-state index in [1.54, 1.807) is 48.5 Å². The summed E-state index contributed by atoms with van der Waals surface area (Å²) in [4.78, 5) is 22.3. The molecule has 5 N–H and O–H groups in total. The Bertz CT molecular complexity index is 1580. The zero-order valence-corrected chi connectivity index (χ0v) is 40.3. The van der Waals surface area contributed by atoms with Gasteiger partial charge in [0.25, 0.3) is 0 Å². The quantitative estimate of drug-likeness (QED) is 0.0950. The molecule has 1 aromatic rings. The van der Waals surface area contributed by atoms with Crippen LogP contribution in [0.2, 0.25) is 0 Å². The second-order valence-electron chi connectivity index (χ2n) is 19.7. The number of cyclic esters (lactones) is 1. The number of benzene rings is 1. The van der Waals surface area contributed by atoms with Crippen LogP contribution in [0.15, 0.2) is 35.5 Å². The van der Waals surface area contributed by atoms with E-state index in [0.717, 1.165) is 25.7 Å². The fraction of sp³-hybridized carbons (Fsp3) is 0.833. The highest BCUT2D eigenvalue weighted by Gasteiger charge is 2.53. The molecule has 0 aromatic heterocycles. The first-order valence-electron chi connectivity index (χ1n) is 23.2. The number of esters is 1.